The standard InChI is InChI=1S/C15H19N3O2S/c1-11(10-20-2)17-14(19)13-9-16-15(21-3)18(13)12-7-5-4-6-8-12/h4-9,11H,10H2,1-3H3,(H,17,19)/t11-/m0/s1. The first-order valence-electron chi connectivity index (χ1n) is 6.64. The molecule has 0 saturated carbocycles. The summed E-state index contributed by atoms with van der Waals surface area (Å²) < 4.78 is 6.90. The molecule has 0 unspecified atom stereocenters. The molecule has 0 radical (unpaired) electrons. The van der Waals surface area contributed by atoms with Crippen molar-refractivity contribution in [1.82, 2.24) is 14.9 Å². The number of ether oxygens (including phenoxy) is 1. The zero-order chi connectivity index (χ0) is 15.2. The molecule has 0 saturated heterocycles. The summed E-state index contributed by atoms with van der Waals surface area (Å²) in [7, 11) is 1.61. The van der Waals surface area contributed by atoms with Crippen molar-refractivity contribution in [3.63, 3.8) is 0 Å². The molecule has 0 bridgehead atoms. The molecule has 1 N–H and O–H groups in total. The van der Waals surface area contributed by atoms with E-state index in [1.165, 1.54) is 11.8 Å². The molecule has 6 heteroatoms. The van der Waals surface area contributed by atoms with E-state index in [1.807, 2.05) is 48.1 Å². The average Bonchev–Trinajstić information content (AvgIpc) is 2.92. The van der Waals surface area contributed by atoms with E-state index in [1.54, 1.807) is 13.3 Å². The number of thioether (sulfide) groups is 1. The molecule has 0 aliphatic heterocycles. The van der Waals surface area contributed by atoms with Crippen LogP contribution in [0.25, 0.3) is 5.69 Å². The number of nitrogens with one attached hydrogen (secondary N) is 1. The number of hydrogen-bond acceptors (Lipinski definition) is 4. The molecule has 2 aromatic rings. The minimum atomic E-state index is -0.156. The van der Waals surface area contributed by atoms with Gasteiger partial charge >= 0.3 is 0 Å². The Labute approximate surface area is 128 Å². The van der Waals surface area contributed by atoms with Crippen molar-refractivity contribution in [2.75, 3.05) is 20.0 Å². The summed E-state index contributed by atoms with van der Waals surface area (Å²) in [5.41, 5.74) is 1.44. The third-order valence-corrected chi connectivity index (χ3v) is 3.61. The second kappa shape index (κ2) is 7.28. The van der Waals surface area contributed by atoms with Crippen LogP contribution in [0.2, 0.25) is 0 Å². The first-order valence-corrected chi connectivity index (χ1v) is 7.86. The Kier molecular flexibility index (Phi) is 5.41. The van der Waals surface area contributed by atoms with Crippen LogP contribution in [0.1, 0.15) is 17.4 Å². The highest BCUT2D eigenvalue weighted by molar-refractivity contribution is 7.98. The van der Waals surface area contributed by atoms with Crippen LogP contribution in [-0.2, 0) is 4.74 Å². The van der Waals surface area contributed by atoms with Gasteiger partial charge in [-0.1, -0.05) is 30.0 Å². The maximum absolute atomic E-state index is 12.4. The number of nitrogens with zero attached hydrogens (tertiary/aromatic N) is 2. The van der Waals surface area contributed by atoms with Gasteiger partial charge in [-0.3, -0.25) is 9.36 Å². The predicted molar refractivity (Wildman–Crippen MR) is 84.1 cm³/mol. The minimum Gasteiger partial charge on any atom is -0.383 e. The molecule has 1 amide bonds. The SMILES string of the molecule is COC[C@H](C)NC(=O)c1cnc(SC)n1-c1ccccc1. The Morgan fingerprint density at radius 1 is 1.43 bits per heavy atom. The lowest BCUT2D eigenvalue weighted by molar-refractivity contribution is 0.0898. The number of hydrogen-bond donors (Lipinski definition) is 1. The van der Waals surface area contributed by atoms with Gasteiger partial charge in [0.2, 0.25) is 0 Å². The summed E-state index contributed by atoms with van der Waals surface area (Å²) in [6.07, 6.45) is 3.55. The summed E-state index contributed by atoms with van der Waals surface area (Å²) in [6.45, 7) is 2.38. The third kappa shape index (κ3) is 3.65. The van der Waals surface area contributed by atoms with Crippen LogP contribution in [-0.4, -0.2) is 41.5 Å². The van der Waals surface area contributed by atoms with Gasteiger partial charge in [0.15, 0.2) is 5.16 Å². The van der Waals surface area contributed by atoms with Crippen molar-refractivity contribution in [1.29, 1.82) is 0 Å². The zero-order valence-corrected chi connectivity index (χ0v) is 13.2. The molecule has 1 atom stereocenters. The molecular weight excluding hydrogens is 286 g/mol. The van der Waals surface area contributed by atoms with Crippen LogP contribution in [0.4, 0.5) is 0 Å². The lowest BCUT2D eigenvalue weighted by Gasteiger charge is -2.14. The van der Waals surface area contributed by atoms with E-state index in [0.717, 1.165) is 10.8 Å². The summed E-state index contributed by atoms with van der Waals surface area (Å²) >= 11 is 1.50. The quantitative estimate of drug-likeness (QED) is 0.832. The van der Waals surface area contributed by atoms with E-state index in [4.69, 9.17) is 4.74 Å². The Bertz CT molecular complexity index is 598. The molecule has 1 heterocycles. The minimum absolute atomic E-state index is 0.0562. The molecule has 21 heavy (non-hydrogen) atoms. The summed E-state index contributed by atoms with van der Waals surface area (Å²) in [4.78, 5) is 16.7. The highest BCUT2D eigenvalue weighted by Gasteiger charge is 2.18. The number of rotatable bonds is 6. The summed E-state index contributed by atoms with van der Waals surface area (Å²) in [5, 5.41) is 3.69. The molecular formula is C15H19N3O2S. The van der Waals surface area contributed by atoms with Gasteiger partial charge < -0.3 is 10.1 Å². The van der Waals surface area contributed by atoms with Crippen LogP contribution in [0.5, 0.6) is 0 Å². The maximum Gasteiger partial charge on any atom is 0.270 e. The van der Waals surface area contributed by atoms with Gasteiger partial charge in [0.25, 0.3) is 5.91 Å². The Morgan fingerprint density at radius 3 is 2.76 bits per heavy atom. The van der Waals surface area contributed by atoms with Crippen LogP contribution in [0.3, 0.4) is 0 Å². The Morgan fingerprint density at radius 2 is 2.14 bits per heavy atom. The number of para-hydroxylation sites is 1. The summed E-state index contributed by atoms with van der Waals surface area (Å²) in [5.74, 6) is -0.156. The molecule has 2 rings (SSSR count). The van der Waals surface area contributed by atoms with Gasteiger partial charge in [0.05, 0.1) is 12.8 Å². The fourth-order valence-corrected chi connectivity index (χ4v) is 2.60. The second-order valence-electron chi connectivity index (χ2n) is 4.63. The highest BCUT2D eigenvalue weighted by Crippen LogP contribution is 2.21. The van der Waals surface area contributed by atoms with Gasteiger partial charge in [-0.2, -0.15) is 0 Å². The average molecular weight is 305 g/mol. The van der Waals surface area contributed by atoms with Crippen LogP contribution in [0.15, 0.2) is 41.7 Å². The van der Waals surface area contributed by atoms with Crippen LogP contribution >= 0.6 is 11.8 Å². The first kappa shape index (κ1) is 15.6. The zero-order valence-electron chi connectivity index (χ0n) is 12.4. The molecule has 0 spiro atoms. The van der Waals surface area contributed by atoms with Crippen molar-refractivity contribution in [3.05, 3.63) is 42.2 Å². The molecule has 0 fully saturated rings. The van der Waals surface area contributed by atoms with Crippen molar-refractivity contribution in [2.45, 2.75) is 18.1 Å². The third-order valence-electron chi connectivity index (χ3n) is 2.95. The van der Waals surface area contributed by atoms with E-state index in [0.29, 0.717) is 12.3 Å². The van der Waals surface area contributed by atoms with Crippen molar-refractivity contribution in [3.8, 4) is 5.69 Å². The number of amides is 1. The van der Waals surface area contributed by atoms with E-state index < -0.39 is 0 Å². The predicted octanol–water partition coefficient (Wildman–Crippen LogP) is 2.36. The number of imidazole rings is 1. The van der Waals surface area contributed by atoms with Crippen molar-refractivity contribution < 1.29 is 9.53 Å². The van der Waals surface area contributed by atoms with Crippen molar-refractivity contribution >= 4 is 17.7 Å². The normalized spacial score (nSPS) is 12.1. The number of aromatic nitrogens is 2. The fraction of sp³-hybridized carbons (Fsp3) is 0.333. The van der Waals surface area contributed by atoms with Gasteiger partial charge in [0, 0.05) is 18.8 Å². The molecule has 5 nitrogen and oxygen atoms in total. The van der Waals surface area contributed by atoms with Gasteiger partial charge in [0.1, 0.15) is 5.69 Å². The Balaban J connectivity index is 2.32. The van der Waals surface area contributed by atoms with E-state index in [2.05, 4.69) is 10.3 Å². The summed E-state index contributed by atoms with van der Waals surface area (Å²) in [6, 6.07) is 9.68. The Hall–Kier alpha value is -1.79. The lowest BCUT2D eigenvalue weighted by atomic mass is 10.3. The van der Waals surface area contributed by atoms with Crippen LogP contribution in [0, 0.1) is 0 Å². The highest BCUT2D eigenvalue weighted by atomic mass is 32.2. The van der Waals surface area contributed by atoms with Gasteiger partial charge in [-0.25, -0.2) is 4.98 Å². The first-order chi connectivity index (χ1) is 10.2. The largest absolute Gasteiger partial charge is 0.383 e. The number of carbonyl (C=O) groups is 1. The molecule has 112 valence electrons. The van der Waals surface area contributed by atoms with E-state index >= 15 is 0 Å². The van der Waals surface area contributed by atoms with Crippen molar-refractivity contribution in [2.24, 2.45) is 0 Å². The molecule has 0 aliphatic carbocycles. The number of benzene rings is 1. The van der Waals surface area contributed by atoms with E-state index in [9.17, 15) is 4.79 Å². The smallest absolute Gasteiger partial charge is 0.270 e. The van der Waals surface area contributed by atoms with E-state index in [-0.39, 0.29) is 11.9 Å². The monoisotopic (exact) mass is 305 g/mol. The number of methoxy groups -OCH3 is 1. The lowest BCUT2D eigenvalue weighted by Crippen LogP contribution is -2.36. The second-order valence-corrected chi connectivity index (χ2v) is 5.40. The van der Waals surface area contributed by atoms with Gasteiger partial charge in [-0.05, 0) is 25.3 Å². The fourth-order valence-electron chi connectivity index (χ4n) is 2.06. The number of carbonyl (C=O) groups excluding carboxylic acids is 1. The molecule has 1 aromatic carbocycles. The molecule has 1 aromatic heterocycles. The van der Waals surface area contributed by atoms with Gasteiger partial charge in [-0.15, -0.1) is 0 Å². The van der Waals surface area contributed by atoms with Crippen LogP contribution < -0.4 is 5.32 Å². The molecule has 0 aliphatic rings. The maximum atomic E-state index is 12.4. The topological polar surface area (TPSA) is 56.1 Å².